The molecule has 0 amide bonds. The van der Waals surface area contributed by atoms with Crippen molar-refractivity contribution in [2.75, 3.05) is 0 Å². The summed E-state index contributed by atoms with van der Waals surface area (Å²) in [4.78, 5) is 4.44. The first kappa shape index (κ1) is 14.5. The van der Waals surface area contributed by atoms with Gasteiger partial charge in [0.2, 0.25) is 10.0 Å². The molecule has 0 bridgehead atoms. The maximum Gasteiger partial charge on any atom is 0.238 e. The molecule has 20 heavy (non-hydrogen) atoms. The van der Waals surface area contributed by atoms with Gasteiger partial charge in [-0.15, -0.1) is 0 Å². The summed E-state index contributed by atoms with van der Waals surface area (Å²) in [5.41, 5.74) is 2.30. The number of hydrogen-bond acceptors (Lipinski definition) is 4. The number of benzene rings is 1. The standard InChI is InChI=1S/C14H16N2O3S/c1-10-8-13(6-7-14(10)20(15,17)18)19-9-12-5-3-4-11(2)16-12/h3-8H,9H2,1-2H3,(H2,15,17,18). The van der Waals surface area contributed by atoms with Gasteiger partial charge in [-0.3, -0.25) is 4.98 Å². The van der Waals surface area contributed by atoms with Crippen molar-refractivity contribution >= 4 is 10.0 Å². The Bertz CT molecular complexity index is 727. The van der Waals surface area contributed by atoms with Gasteiger partial charge in [0.05, 0.1) is 10.6 Å². The van der Waals surface area contributed by atoms with Gasteiger partial charge in [0.25, 0.3) is 0 Å². The van der Waals surface area contributed by atoms with Crippen LogP contribution in [0.15, 0.2) is 41.3 Å². The third-order valence-corrected chi connectivity index (χ3v) is 3.86. The summed E-state index contributed by atoms with van der Waals surface area (Å²) < 4.78 is 28.2. The minimum atomic E-state index is -3.69. The van der Waals surface area contributed by atoms with E-state index in [1.54, 1.807) is 19.1 Å². The molecule has 0 aliphatic rings. The van der Waals surface area contributed by atoms with E-state index in [-0.39, 0.29) is 4.90 Å². The van der Waals surface area contributed by atoms with Crippen LogP contribution in [-0.2, 0) is 16.6 Å². The predicted octanol–water partition coefficient (Wildman–Crippen LogP) is 1.92. The molecule has 0 fully saturated rings. The number of aryl methyl sites for hydroxylation is 2. The van der Waals surface area contributed by atoms with E-state index in [2.05, 4.69) is 4.98 Å². The van der Waals surface area contributed by atoms with Crippen molar-refractivity contribution in [2.45, 2.75) is 25.3 Å². The molecule has 6 heteroatoms. The van der Waals surface area contributed by atoms with Gasteiger partial charge in [0.15, 0.2) is 0 Å². The third-order valence-electron chi connectivity index (χ3n) is 2.79. The highest BCUT2D eigenvalue weighted by Crippen LogP contribution is 2.20. The molecule has 0 spiro atoms. The van der Waals surface area contributed by atoms with Crippen molar-refractivity contribution in [2.24, 2.45) is 5.14 Å². The molecule has 2 aromatic rings. The van der Waals surface area contributed by atoms with Crippen LogP contribution in [0.2, 0.25) is 0 Å². The molecule has 1 aromatic carbocycles. The summed E-state index contributed by atoms with van der Waals surface area (Å²) in [7, 11) is -3.69. The van der Waals surface area contributed by atoms with Crippen LogP contribution < -0.4 is 9.88 Å². The Morgan fingerprint density at radius 2 is 1.95 bits per heavy atom. The average molecular weight is 292 g/mol. The first-order valence-corrected chi connectivity index (χ1v) is 7.60. The molecule has 0 aliphatic carbocycles. The largest absolute Gasteiger partial charge is 0.487 e. The van der Waals surface area contributed by atoms with Crippen LogP contribution >= 0.6 is 0 Å². The Balaban J connectivity index is 2.14. The lowest BCUT2D eigenvalue weighted by Gasteiger charge is -2.09. The second kappa shape index (κ2) is 5.60. The fourth-order valence-corrected chi connectivity index (χ4v) is 2.63. The van der Waals surface area contributed by atoms with Gasteiger partial charge in [0, 0.05) is 5.69 Å². The Morgan fingerprint density at radius 1 is 1.20 bits per heavy atom. The second-order valence-electron chi connectivity index (χ2n) is 4.53. The van der Waals surface area contributed by atoms with Crippen LogP contribution in [0.25, 0.3) is 0 Å². The van der Waals surface area contributed by atoms with Gasteiger partial charge in [0.1, 0.15) is 12.4 Å². The number of sulfonamides is 1. The first-order chi connectivity index (χ1) is 9.36. The van der Waals surface area contributed by atoms with Crippen molar-refractivity contribution in [1.29, 1.82) is 0 Å². The highest BCUT2D eigenvalue weighted by molar-refractivity contribution is 7.89. The Labute approximate surface area is 118 Å². The average Bonchev–Trinajstić information content (AvgIpc) is 2.35. The fourth-order valence-electron chi connectivity index (χ4n) is 1.87. The lowest BCUT2D eigenvalue weighted by molar-refractivity contribution is 0.300. The lowest BCUT2D eigenvalue weighted by Crippen LogP contribution is -2.13. The molecule has 0 saturated heterocycles. The maximum atomic E-state index is 11.3. The van der Waals surface area contributed by atoms with E-state index in [0.29, 0.717) is 17.9 Å². The Hall–Kier alpha value is -1.92. The summed E-state index contributed by atoms with van der Waals surface area (Å²) in [5, 5.41) is 5.11. The number of pyridine rings is 1. The topological polar surface area (TPSA) is 82.3 Å². The van der Waals surface area contributed by atoms with Gasteiger partial charge < -0.3 is 4.74 Å². The Kier molecular flexibility index (Phi) is 4.06. The zero-order chi connectivity index (χ0) is 14.8. The van der Waals surface area contributed by atoms with Gasteiger partial charge >= 0.3 is 0 Å². The van der Waals surface area contributed by atoms with Crippen LogP contribution in [0.3, 0.4) is 0 Å². The molecule has 0 unspecified atom stereocenters. The zero-order valence-electron chi connectivity index (χ0n) is 11.3. The number of ether oxygens (including phenoxy) is 1. The van der Waals surface area contributed by atoms with Crippen molar-refractivity contribution in [3.05, 3.63) is 53.3 Å². The van der Waals surface area contributed by atoms with E-state index in [4.69, 9.17) is 9.88 Å². The van der Waals surface area contributed by atoms with E-state index >= 15 is 0 Å². The molecule has 1 heterocycles. The monoisotopic (exact) mass is 292 g/mol. The van der Waals surface area contributed by atoms with E-state index in [0.717, 1.165) is 11.4 Å². The van der Waals surface area contributed by atoms with Crippen LogP contribution in [0.4, 0.5) is 0 Å². The van der Waals surface area contributed by atoms with E-state index in [9.17, 15) is 8.42 Å². The minimum Gasteiger partial charge on any atom is -0.487 e. The SMILES string of the molecule is Cc1cccc(COc2ccc(S(N)(=O)=O)c(C)c2)n1. The van der Waals surface area contributed by atoms with Crippen LogP contribution in [-0.4, -0.2) is 13.4 Å². The number of aromatic nitrogens is 1. The molecule has 2 N–H and O–H groups in total. The van der Waals surface area contributed by atoms with Gasteiger partial charge in [-0.1, -0.05) is 6.07 Å². The number of rotatable bonds is 4. The summed E-state index contributed by atoms with van der Waals surface area (Å²) in [6.07, 6.45) is 0. The fraction of sp³-hybridized carbons (Fsp3) is 0.214. The molecule has 0 radical (unpaired) electrons. The van der Waals surface area contributed by atoms with Crippen molar-refractivity contribution < 1.29 is 13.2 Å². The van der Waals surface area contributed by atoms with Crippen LogP contribution in [0, 0.1) is 13.8 Å². The molecular formula is C14H16N2O3S. The molecule has 2 rings (SSSR count). The number of hydrogen-bond donors (Lipinski definition) is 1. The van der Waals surface area contributed by atoms with Gasteiger partial charge in [-0.05, 0) is 49.7 Å². The smallest absolute Gasteiger partial charge is 0.238 e. The summed E-state index contributed by atoms with van der Waals surface area (Å²) in [6.45, 7) is 3.92. The zero-order valence-corrected chi connectivity index (χ0v) is 12.1. The van der Waals surface area contributed by atoms with Crippen molar-refractivity contribution in [3.63, 3.8) is 0 Å². The third kappa shape index (κ3) is 3.55. The molecule has 0 aliphatic heterocycles. The molecule has 106 valence electrons. The molecule has 0 atom stereocenters. The van der Waals surface area contributed by atoms with E-state index < -0.39 is 10.0 Å². The van der Waals surface area contributed by atoms with Crippen molar-refractivity contribution in [1.82, 2.24) is 4.98 Å². The molecular weight excluding hydrogens is 276 g/mol. The van der Waals surface area contributed by atoms with Crippen molar-refractivity contribution in [3.8, 4) is 5.75 Å². The lowest BCUT2D eigenvalue weighted by atomic mass is 10.2. The summed E-state index contributed by atoms with van der Waals surface area (Å²) >= 11 is 0. The summed E-state index contributed by atoms with van der Waals surface area (Å²) in [6, 6.07) is 10.4. The van der Waals surface area contributed by atoms with Crippen LogP contribution in [0.1, 0.15) is 17.0 Å². The molecule has 0 saturated carbocycles. The molecule has 1 aromatic heterocycles. The minimum absolute atomic E-state index is 0.110. The van der Waals surface area contributed by atoms with Gasteiger partial charge in [-0.25, -0.2) is 13.6 Å². The number of primary sulfonamides is 1. The first-order valence-electron chi connectivity index (χ1n) is 6.05. The maximum absolute atomic E-state index is 11.3. The normalized spacial score (nSPS) is 11.3. The van der Waals surface area contributed by atoms with E-state index in [1.165, 1.54) is 6.07 Å². The predicted molar refractivity (Wildman–Crippen MR) is 75.9 cm³/mol. The van der Waals surface area contributed by atoms with Crippen LogP contribution in [0.5, 0.6) is 5.75 Å². The number of nitrogens with two attached hydrogens (primary N) is 1. The highest BCUT2D eigenvalue weighted by atomic mass is 32.2. The summed E-state index contributed by atoms with van der Waals surface area (Å²) in [5.74, 6) is 0.582. The number of nitrogens with zero attached hydrogens (tertiary/aromatic N) is 1. The van der Waals surface area contributed by atoms with E-state index in [1.807, 2.05) is 25.1 Å². The second-order valence-corrected chi connectivity index (χ2v) is 6.06. The Morgan fingerprint density at radius 3 is 2.55 bits per heavy atom. The molecule has 5 nitrogen and oxygen atoms in total. The quantitative estimate of drug-likeness (QED) is 0.933. The highest BCUT2D eigenvalue weighted by Gasteiger charge is 2.11. The van der Waals surface area contributed by atoms with Gasteiger partial charge in [-0.2, -0.15) is 0 Å².